The number of fused-ring (bicyclic) bond motifs is 3. The smallest absolute Gasteiger partial charge is 0.0409 e. The molecule has 0 aromatic heterocycles. The first-order valence-electron chi connectivity index (χ1n) is 7.39. The van der Waals surface area contributed by atoms with E-state index in [1.165, 1.54) is 18.4 Å². The lowest BCUT2D eigenvalue weighted by molar-refractivity contribution is 0.382. The molecule has 1 nitrogen and oxygen atoms in total. The molecule has 0 bridgehead atoms. The van der Waals surface area contributed by atoms with Gasteiger partial charge in [0.25, 0.3) is 0 Å². The van der Waals surface area contributed by atoms with Gasteiger partial charge in [0.2, 0.25) is 0 Å². The zero-order valence-corrected chi connectivity index (χ0v) is 12.1. The first kappa shape index (κ1) is 12.4. The first-order valence-corrected chi connectivity index (χ1v) is 7.77. The van der Waals surface area contributed by atoms with Crippen LogP contribution < -0.4 is 5.32 Å². The van der Waals surface area contributed by atoms with Gasteiger partial charge >= 0.3 is 0 Å². The predicted molar refractivity (Wildman–Crippen MR) is 83.2 cm³/mol. The van der Waals surface area contributed by atoms with Crippen molar-refractivity contribution >= 4 is 11.6 Å². The summed E-state index contributed by atoms with van der Waals surface area (Å²) in [6.07, 6.45) is 2.47. The van der Waals surface area contributed by atoms with E-state index < -0.39 is 0 Å². The van der Waals surface area contributed by atoms with E-state index in [4.69, 9.17) is 11.6 Å². The zero-order valence-electron chi connectivity index (χ0n) is 11.4. The molecule has 2 aliphatic rings. The van der Waals surface area contributed by atoms with E-state index in [9.17, 15) is 0 Å². The van der Waals surface area contributed by atoms with Crippen LogP contribution in [0.4, 0.5) is 0 Å². The van der Waals surface area contributed by atoms with Crippen molar-refractivity contribution in [3.8, 4) is 0 Å². The summed E-state index contributed by atoms with van der Waals surface area (Å²) >= 11 is 6.15. The Hall–Kier alpha value is -1.31. The van der Waals surface area contributed by atoms with Gasteiger partial charge in [-0.2, -0.15) is 0 Å². The quantitative estimate of drug-likeness (QED) is 0.821. The summed E-state index contributed by atoms with van der Waals surface area (Å²) in [7, 11) is 0. The van der Waals surface area contributed by atoms with Crippen molar-refractivity contribution in [3.05, 3.63) is 70.2 Å². The molecular formula is C18H18ClN. The fourth-order valence-electron chi connectivity index (χ4n) is 4.01. The maximum atomic E-state index is 6.15. The van der Waals surface area contributed by atoms with Crippen LogP contribution in [0.3, 0.4) is 0 Å². The lowest BCUT2D eigenvalue weighted by atomic mass is 9.73. The van der Waals surface area contributed by atoms with Crippen molar-refractivity contribution in [2.45, 2.75) is 24.8 Å². The SMILES string of the molecule is Clc1cccc(C2NCC3c4ccccc4CCC32)c1. The lowest BCUT2D eigenvalue weighted by Crippen LogP contribution is -2.21. The van der Waals surface area contributed by atoms with E-state index in [0.29, 0.717) is 17.9 Å². The molecule has 1 aliphatic heterocycles. The molecule has 1 N–H and O–H groups in total. The van der Waals surface area contributed by atoms with Crippen molar-refractivity contribution in [2.24, 2.45) is 5.92 Å². The van der Waals surface area contributed by atoms with Gasteiger partial charge in [0.15, 0.2) is 0 Å². The molecule has 102 valence electrons. The Morgan fingerprint density at radius 1 is 1.05 bits per heavy atom. The minimum atomic E-state index is 0.451. The van der Waals surface area contributed by atoms with E-state index in [2.05, 4.69) is 47.8 Å². The molecule has 1 fully saturated rings. The second kappa shape index (κ2) is 4.91. The largest absolute Gasteiger partial charge is 0.309 e. The van der Waals surface area contributed by atoms with Crippen LogP contribution in [-0.2, 0) is 6.42 Å². The topological polar surface area (TPSA) is 12.0 Å². The second-order valence-electron chi connectivity index (χ2n) is 5.95. The van der Waals surface area contributed by atoms with E-state index in [-0.39, 0.29) is 0 Å². The number of rotatable bonds is 1. The van der Waals surface area contributed by atoms with E-state index in [1.807, 2.05) is 6.07 Å². The minimum absolute atomic E-state index is 0.451. The van der Waals surface area contributed by atoms with Gasteiger partial charge in [-0.05, 0) is 47.6 Å². The number of benzene rings is 2. The Balaban J connectivity index is 1.69. The van der Waals surface area contributed by atoms with Crippen LogP contribution in [0.25, 0.3) is 0 Å². The highest BCUT2D eigenvalue weighted by atomic mass is 35.5. The Bertz CT molecular complexity index is 637. The molecule has 0 amide bonds. The molecule has 20 heavy (non-hydrogen) atoms. The molecule has 2 heteroatoms. The molecule has 0 radical (unpaired) electrons. The number of hydrogen-bond donors (Lipinski definition) is 1. The molecule has 0 spiro atoms. The van der Waals surface area contributed by atoms with Gasteiger partial charge in [-0.3, -0.25) is 0 Å². The number of aryl methyl sites for hydroxylation is 1. The highest BCUT2D eigenvalue weighted by Crippen LogP contribution is 2.46. The van der Waals surface area contributed by atoms with Crippen LogP contribution >= 0.6 is 11.6 Å². The molecule has 1 aliphatic carbocycles. The molecule has 0 saturated carbocycles. The maximum Gasteiger partial charge on any atom is 0.0409 e. The molecule has 3 atom stereocenters. The standard InChI is InChI=1S/C18H18ClN/c19-14-6-3-5-13(10-14)18-16-9-8-12-4-1-2-7-15(12)17(16)11-20-18/h1-7,10,16-18,20H,8-9,11H2. The highest BCUT2D eigenvalue weighted by molar-refractivity contribution is 6.30. The van der Waals surface area contributed by atoms with Gasteiger partial charge in [0.1, 0.15) is 0 Å². The number of hydrogen-bond acceptors (Lipinski definition) is 1. The zero-order chi connectivity index (χ0) is 13.5. The van der Waals surface area contributed by atoms with Gasteiger partial charge in [-0.25, -0.2) is 0 Å². The van der Waals surface area contributed by atoms with Gasteiger partial charge in [0, 0.05) is 23.5 Å². The van der Waals surface area contributed by atoms with Crippen LogP contribution in [0, 0.1) is 5.92 Å². The fraction of sp³-hybridized carbons (Fsp3) is 0.333. The van der Waals surface area contributed by atoms with Crippen molar-refractivity contribution in [2.75, 3.05) is 6.54 Å². The Morgan fingerprint density at radius 2 is 1.95 bits per heavy atom. The fourth-order valence-corrected chi connectivity index (χ4v) is 4.21. The third-order valence-electron chi connectivity index (χ3n) is 4.91. The molecule has 2 aromatic carbocycles. The van der Waals surface area contributed by atoms with Gasteiger partial charge in [-0.1, -0.05) is 48.0 Å². The summed E-state index contributed by atoms with van der Waals surface area (Å²) in [5.41, 5.74) is 4.44. The molecule has 1 heterocycles. The van der Waals surface area contributed by atoms with E-state index >= 15 is 0 Å². The molecule has 1 saturated heterocycles. The summed E-state index contributed by atoms with van der Waals surface area (Å²) in [5.74, 6) is 1.35. The predicted octanol–water partition coefficient (Wildman–Crippen LogP) is 4.33. The summed E-state index contributed by atoms with van der Waals surface area (Å²) in [6, 6.07) is 17.7. The molecule has 2 aromatic rings. The summed E-state index contributed by atoms with van der Waals surface area (Å²) in [4.78, 5) is 0. The Morgan fingerprint density at radius 3 is 2.85 bits per heavy atom. The molecule has 3 unspecified atom stereocenters. The second-order valence-corrected chi connectivity index (χ2v) is 6.39. The van der Waals surface area contributed by atoms with E-state index in [0.717, 1.165) is 11.6 Å². The molecule has 4 rings (SSSR count). The summed E-state index contributed by atoms with van der Waals surface area (Å²) in [5, 5.41) is 4.56. The van der Waals surface area contributed by atoms with Gasteiger partial charge < -0.3 is 5.32 Å². The summed E-state index contributed by atoms with van der Waals surface area (Å²) < 4.78 is 0. The average Bonchev–Trinajstić information content (AvgIpc) is 2.91. The summed E-state index contributed by atoms with van der Waals surface area (Å²) in [6.45, 7) is 1.08. The number of halogens is 1. The maximum absolute atomic E-state index is 6.15. The van der Waals surface area contributed by atoms with Crippen LogP contribution in [-0.4, -0.2) is 6.54 Å². The number of nitrogens with one attached hydrogen (secondary N) is 1. The van der Waals surface area contributed by atoms with Crippen molar-refractivity contribution < 1.29 is 0 Å². The monoisotopic (exact) mass is 283 g/mol. The third kappa shape index (κ3) is 1.97. The Kier molecular flexibility index (Phi) is 3.05. The van der Waals surface area contributed by atoms with Crippen LogP contribution in [0.5, 0.6) is 0 Å². The third-order valence-corrected chi connectivity index (χ3v) is 5.15. The van der Waals surface area contributed by atoms with Crippen molar-refractivity contribution in [1.82, 2.24) is 5.32 Å². The van der Waals surface area contributed by atoms with Crippen molar-refractivity contribution in [3.63, 3.8) is 0 Å². The Labute approximate surface area is 125 Å². The van der Waals surface area contributed by atoms with Gasteiger partial charge in [0.05, 0.1) is 0 Å². The highest BCUT2D eigenvalue weighted by Gasteiger charge is 2.40. The first-order chi connectivity index (χ1) is 9.83. The molecular weight excluding hydrogens is 266 g/mol. The van der Waals surface area contributed by atoms with Crippen LogP contribution in [0.2, 0.25) is 5.02 Å². The van der Waals surface area contributed by atoms with Gasteiger partial charge in [-0.15, -0.1) is 0 Å². The normalized spacial score (nSPS) is 27.9. The van der Waals surface area contributed by atoms with Crippen LogP contribution in [0.15, 0.2) is 48.5 Å². The van der Waals surface area contributed by atoms with E-state index in [1.54, 1.807) is 11.1 Å². The van der Waals surface area contributed by atoms with Crippen molar-refractivity contribution in [1.29, 1.82) is 0 Å². The lowest BCUT2D eigenvalue weighted by Gasteiger charge is -2.30. The minimum Gasteiger partial charge on any atom is -0.309 e. The average molecular weight is 284 g/mol. The van der Waals surface area contributed by atoms with Crippen LogP contribution in [0.1, 0.15) is 35.1 Å².